The zero-order valence-corrected chi connectivity index (χ0v) is 17.3. The van der Waals surface area contributed by atoms with E-state index in [-0.39, 0.29) is 4.90 Å². The number of aromatic amines is 1. The van der Waals surface area contributed by atoms with Crippen LogP contribution in [0, 0.1) is 6.92 Å². The van der Waals surface area contributed by atoms with Gasteiger partial charge in [-0.3, -0.25) is 9.82 Å². The summed E-state index contributed by atoms with van der Waals surface area (Å²) in [6, 6.07) is 21.1. The third-order valence-corrected chi connectivity index (χ3v) is 6.25. The van der Waals surface area contributed by atoms with Gasteiger partial charge in [0, 0.05) is 17.4 Å². The molecule has 3 aromatic carbocycles. The molecule has 2 N–H and O–H groups in total. The van der Waals surface area contributed by atoms with Crippen LogP contribution in [0.5, 0.6) is 0 Å². The van der Waals surface area contributed by atoms with Gasteiger partial charge in [-0.2, -0.15) is 5.10 Å². The van der Waals surface area contributed by atoms with Crippen molar-refractivity contribution in [3.8, 4) is 22.7 Å². The molecule has 8 heteroatoms. The molecular formula is C23H18N4O3S. The van der Waals surface area contributed by atoms with Crippen molar-refractivity contribution in [1.82, 2.24) is 15.2 Å². The molecule has 154 valence electrons. The predicted molar refractivity (Wildman–Crippen MR) is 119 cm³/mol. The van der Waals surface area contributed by atoms with Crippen molar-refractivity contribution < 1.29 is 12.8 Å². The van der Waals surface area contributed by atoms with Crippen molar-refractivity contribution >= 4 is 26.8 Å². The molecule has 0 bridgehead atoms. The summed E-state index contributed by atoms with van der Waals surface area (Å²) in [4.78, 5) is 4.78. The van der Waals surface area contributed by atoms with E-state index in [0.29, 0.717) is 28.4 Å². The van der Waals surface area contributed by atoms with E-state index in [4.69, 9.17) is 4.42 Å². The number of benzene rings is 3. The van der Waals surface area contributed by atoms with Crippen molar-refractivity contribution in [1.29, 1.82) is 0 Å². The van der Waals surface area contributed by atoms with Gasteiger partial charge in [0.1, 0.15) is 11.2 Å². The Bertz CT molecular complexity index is 1490. The summed E-state index contributed by atoms with van der Waals surface area (Å²) in [5.74, 6) is 0.444. The Morgan fingerprint density at radius 2 is 1.81 bits per heavy atom. The highest BCUT2D eigenvalue weighted by Crippen LogP contribution is 2.33. The van der Waals surface area contributed by atoms with Crippen LogP contribution in [0.15, 0.2) is 88.3 Å². The molecule has 0 spiro atoms. The second kappa shape index (κ2) is 7.41. The average molecular weight is 430 g/mol. The first kappa shape index (κ1) is 19.1. The van der Waals surface area contributed by atoms with Crippen LogP contribution < -0.4 is 4.72 Å². The molecule has 0 amide bonds. The molecule has 2 aromatic heterocycles. The molecule has 0 radical (unpaired) electrons. The third-order valence-electron chi connectivity index (χ3n) is 4.86. The first-order valence-electron chi connectivity index (χ1n) is 9.59. The largest absolute Gasteiger partial charge is 0.436 e. The van der Waals surface area contributed by atoms with E-state index in [1.165, 1.54) is 0 Å². The van der Waals surface area contributed by atoms with E-state index in [1.807, 2.05) is 31.2 Å². The normalized spacial score (nSPS) is 11.6. The minimum Gasteiger partial charge on any atom is -0.436 e. The maximum atomic E-state index is 12.7. The van der Waals surface area contributed by atoms with Crippen molar-refractivity contribution in [3.05, 3.63) is 84.6 Å². The molecule has 0 saturated carbocycles. The maximum Gasteiger partial charge on any atom is 0.261 e. The van der Waals surface area contributed by atoms with E-state index >= 15 is 0 Å². The van der Waals surface area contributed by atoms with Gasteiger partial charge in [0.2, 0.25) is 5.89 Å². The summed E-state index contributed by atoms with van der Waals surface area (Å²) in [6.45, 7) is 2.00. The Morgan fingerprint density at radius 1 is 0.968 bits per heavy atom. The van der Waals surface area contributed by atoms with Crippen molar-refractivity contribution in [2.24, 2.45) is 0 Å². The van der Waals surface area contributed by atoms with Crippen LogP contribution in [0.25, 0.3) is 33.8 Å². The molecular weight excluding hydrogens is 412 g/mol. The Balaban J connectivity index is 1.50. The van der Waals surface area contributed by atoms with E-state index in [2.05, 4.69) is 19.9 Å². The van der Waals surface area contributed by atoms with E-state index in [0.717, 1.165) is 16.6 Å². The summed E-state index contributed by atoms with van der Waals surface area (Å²) >= 11 is 0. The number of sulfonamides is 1. The van der Waals surface area contributed by atoms with Gasteiger partial charge < -0.3 is 4.42 Å². The lowest BCUT2D eigenvalue weighted by atomic mass is 10.1. The molecule has 0 atom stereocenters. The average Bonchev–Trinajstić information content (AvgIpc) is 3.41. The molecule has 5 aromatic rings. The Morgan fingerprint density at radius 3 is 2.65 bits per heavy atom. The third kappa shape index (κ3) is 3.69. The molecule has 0 saturated heterocycles. The molecule has 31 heavy (non-hydrogen) atoms. The predicted octanol–water partition coefficient (Wildman–Crippen LogP) is 4.99. The first-order valence-corrected chi connectivity index (χ1v) is 11.1. The van der Waals surface area contributed by atoms with Gasteiger partial charge in [0.15, 0.2) is 5.58 Å². The van der Waals surface area contributed by atoms with Crippen molar-refractivity contribution in [2.45, 2.75) is 11.8 Å². The minimum atomic E-state index is -3.69. The van der Waals surface area contributed by atoms with Crippen LogP contribution in [-0.4, -0.2) is 23.6 Å². The highest BCUT2D eigenvalue weighted by atomic mass is 32.2. The van der Waals surface area contributed by atoms with Crippen LogP contribution in [0.1, 0.15) is 5.56 Å². The van der Waals surface area contributed by atoms with Gasteiger partial charge in [-0.1, -0.05) is 36.4 Å². The number of hydrogen-bond acceptors (Lipinski definition) is 5. The van der Waals surface area contributed by atoms with Gasteiger partial charge in [-0.25, -0.2) is 13.4 Å². The quantitative estimate of drug-likeness (QED) is 0.409. The number of oxazole rings is 1. The Labute approximate surface area is 178 Å². The van der Waals surface area contributed by atoms with Crippen LogP contribution in [-0.2, 0) is 10.0 Å². The molecule has 0 aliphatic heterocycles. The zero-order valence-electron chi connectivity index (χ0n) is 16.5. The Kier molecular flexibility index (Phi) is 4.56. The first-order chi connectivity index (χ1) is 15.0. The SMILES string of the molecule is Cc1ccc2oc(-c3c[nH]nc3-c3cccc(NS(=O)(=O)c4ccccc4)c3)nc2c1. The van der Waals surface area contributed by atoms with Crippen molar-refractivity contribution in [2.75, 3.05) is 4.72 Å². The van der Waals surface area contributed by atoms with E-state index in [1.54, 1.807) is 54.7 Å². The molecule has 0 aliphatic rings. The topological polar surface area (TPSA) is 101 Å². The number of nitrogens with one attached hydrogen (secondary N) is 2. The fourth-order valence-electron chi connectivity index (χ4n) is 3.37. The second-order valence-electron chi connectivity index (χ2n) is 7.14. The molecule has 2 heterocycles. The van der Waals surface area contributed by atoms with Crippen LogP contribution in [0.3, 0.4) is 0 Å². The van der Waals surface area contributed by atoms with Crippen molar-refractivity contribution in [3.63, 3.8) is 0 Å². The Hall–Kier alpha value is -3.91. The summed E-state index contributed by atoms with van der Waals surface area (Å²) < 4.78 is 33.8. The molecule has 0 unspecified atom stereocenters. The highest BCUT2D eigenvalue weighted by Gasteiger charge is 2.18. The number of anilines is 1. The monoisotopic (exact) mass is 430 g/mol. The van der Waals surface area contributed by atoms with E-state index in [9.17, 15) is 8.42 Å². The van der Waals surface area contributed by atoms with Crippen LogP contribution in [0.2, 0.25) is 0 Å². The van der Waals surface area contributed by atoms with Crippen LogP contribution in [0.4, 0.5) is 5.69 Å². The number of aryl methyl sites for hydroxylation is 1. The lowest BCUT2D eigenvalue weighted by Gasteiger charge is -2.09. The van der Waals surface area contributed by atoms with Gasteiger partial charge in [-0.05, 0) is 48.9 Å². The highest BCUT2D eigenvalue weighted by molar-refractivity contribution is 7.92. The fraction of sp³-hybridized carbons (Fsp3) is 0.0435. The smallest absolute Gasteiger partial charge is 0.261 e. The summed E-state index contributed by atoms with van der Waals surface area (Å²) in [5, 5.41) is 7.20. The number of H-pyrrole nitrogens is 1. The summed E-state index contributed by atoms with van der Waals surface area (Å²) in [6.07, 6.45) is 1.72. The lowest BCUT2D eigenvalue weighted by molar-refractivity contribution is 0.601. The number of hydrogen-bond donors (Lipinski definition) is 2. The number of aromatic nitrogens is 3. The van der Waals surface area contributed by atoms with Gasteiger partial charge in [0.25, 0.3) is 10.0 Å². The zero-order chi connectivity index (χ0) is 21.4. The van der Waals surface area contributed by atoms with Gasteiger partial charge in [0.05, 0.1) is 10.5 Å². The number of nitrogens with zero attached hydrogens (tertiary/aromatic N) is 2. The molecule has 0 fully saturated rings. The summed E-state index contributed by atoms with van der Waals surface area (Å²) in [7, 11) is -3.69. The number of rotatable bonds is 5. The minimum absolute atomic E-state index is 0.197. The summed E-state index contributed by atoms with van der Waals surface area (Å²) in [5.41, 5.74) is 5.02. The fourth-order valence-corrected chi connectivity index (χ4v) is 4.44. The standard InChI is InChI=1S/C23H18N4O3S/c1-15-10-11-21-20(12-15)25-23(30-21)19-14-24-26-22(19)16-6-5-7-17(13-16)27-31(28,29)18-8-3-2-4-9-18/h2-14,27H,1H3,(H,24,26). The maximum absolute atomic E-state index is 12.7. The van der Waals surface area contributed by atoms with E-state index < -0.39 is 10.0 Å². The number of fused-ring (bicyclic) bond motifs is 1. The van der Waals surface area contributed by atoms with Crippen LogP contribution >= 0.6 is 0 Å². The second-order valence-corrected chi connectivity index (χ2v) is 8.82. The molecule has 0 aliphatic carbocycles. The van der Waals surface area contributed by atoms with Gasteiger partial charge >= 0.3 is 0 Å². The molecule has 5 rings (SSSR count). The molecule has 7 nitrogen and oxygen atoms in total. The van der Waals surface area contributed by atoms with Gasteiger partial charge in [-0.15, -0.1) is 0 Å². The lowest BCUT2D eigenvalue weighted by Crippen LogP contribution is -2.12.